The minimum atomic E-state index is -0.920. The number of carbonyl (C=O) groups is 5. The summed E-state index contributed by atoms with van der Waals surface area (Å²) in [4.78, 5) is 61.8. The zero-order chi connectivity index (χ0) is 27.2. The zero-order valence-corrected chi connectivity index (χ0v) is 21.9. The van der Waals surface area contributed by atoms with Gasteiger partial charge in [-0.15, -0.1) is 0 Å². The second-order valence-electron chi connectivity index (χ2n) is 10.8. The van der Waals surface area contributed by atoms with Crippen molar-refractivity contribution in [2.75, 3.05) is 33.4 Å². The van der Waals surface area contributed by atoms with Crippen LogP contribution in [-0.4, -0.2) is 84.4 Å². The summed E-state index contributed by atoms with van der Waals surface area (Å²) in [5.41, 5.74) is 1.83. The van der Waals surface area contributed by atoms with E-state index < -0.39 is 23.8 Å². The Hall–Kier alpha value is -3.11. The molecular weight excluding hydrogens is 490 g/mol. The molecule has 4 amide bonds. The summed E-state index contributed by atoms with van der Waals surface area (Å²) in [6, 6.07) is 4.65. The van der Waals surface area contributed by atoms with Crippen LogP contribution in [0.5, 0.6) is 0 Å². The quantitative estimate of drug-likeness (QED) is 0.426. The number of methoxy groups -OCH3 is 1. The van der Waals surface area contributed by atoms with Crippen LogP contribution in [0, 0.1) is 11.8 Å². The number of nitrogens with zero attached hydrogens (tertiary/aromatic N) is 2. The van der Waals surface area contributed by atoms with Crippen LogP contribution in [-0.2, 0) is 19.1 Å². The van der Waals surface area contributed by atoms with E-state index in [-0.39, 0.29) is 25.2 Å². The summed E-state index contributed by atoms with van der Waals surface area (Å²) in [5, 5.41) is 9.13. The van der Waals surface area contributed by atoms with Gasteiger partial charge in [-0.3, -0.25) is 34.2 Å². The molecule has 1 aromatic carbocycles. The number of amides is 4. The van der Waals surface area contributed by atoms with Gasteiger partial charge in [0, 0.05) is 26.7 Å². The Labute approximate surface area is 222 Å². The van der Waals surface area contributed by atoms with Crippen LogP contribution in [0.1, 0.15) is 83.6 Å². The Kier molecular flexibility index (Phi) is 9.27. The summed E-state index contributed by atoms with van der Waals surface area (Å²) >= 11 is 0. The van der Waals surface area contributed by atoms with E-state index in [1.54, 1.807) is 13.2 Å². The molecule has 5 rings (SSSR count). The average Bonchev–Trinajstić information content (AvgIpc) is 3.15. The average molecular weight is 528 g/mol. The van der Waals surface area contributed by atoms with Crippen molar-refractivity contribution in [2.45, 2.75) is 63.3 Å². The highest BCUT2D eigenvalue weighted by atomic mass is 16.5. The SMILES string of the molecule is COC[C@H]1CC[C@H](CN2CCC(c3ccc4c(c3)C(=O)N(C3CCC(=O)NC3=O)C4=O)CC2)CC1.O=CO. The molecule has 3 heterocycles. The van der Waals surface area contributed by atoms with E-state index in [0.717, 1.165) is 54.8 Å². The maximum absolute atomic E-state index is 13.1. The van der Waals surface area contributed by atoms with E-state index in [4.69, 9.17) is 14.6 Å². The maximum atomic E-state index is 13.1. The predicted molar refractivity (Wildman–Crippen MR) is 138 cm³/mol. The van der Waals surface area contributed by atoms with Gasteiger partial charge in [0.05, 0.1) is 11.1 Å². The maximum Gasteiger partial charge on any atom is 0.290 e. The van der Waals surface area contributed by atoms with Crippen molar-refractivity contribution in [3.05, 3.63) is 34.9 Å². The van der Waals surface area contributed by atoms with Crippen molar-refractivity contribution < 1.29 is 33.8 Å². The Morgan fingerprint density at radius 3 is 2.21 bits per heavy atom. The molecule has 3 fully saturated rings. The molecule has 2 N–H and O–H groups in total. The molecule has 2 saturated heterocycles. The van der Waals surface area contributed by atoms with Crippen molar-refractivity contribution in [1.29, 1.82) is 0 Å². The van der Waals surface area contributed by atoms with E-state index in [1.807, 2.05) is 12.1 Å². The van der Waals surface area contributed by atoms with Crippen molar-refractivity contribution >= 4 is 30.1 Å². The number of benzene rings is 1. The van der Waals surface area contributed by atoms with Gasteiger partial charge in [-0.05, 0) is 93.5 Å². The number of hydrogen-bond donors (Lipinski definition) is 2. The first-order valence-corrected chi connectivity index (χ1v) is 13.5. The molecule has 206 valence electrons. The third-order valence-electron chi connectivity index (χ3n) is 8.41. The molecule has 4 aliphatic rings. The lowest BCUT2D eigenvalue weighted by Gasteiger charge is -2.36. The monoisotopic (exact) mass is 527 g/mol. The number of piperidine rings is 2. The first kappa shape index (κ1) is 27.9. The van der Waals surface area contributed by atoms with Gasteiger partial charge in [-0.2, -0.15) is 0 Å². The van der Waals surface area contributed by atoms with Crippen LogP contribution >= 0.6 is 0 Å². The van der Waals surface area contributed by atoms with Gasteiger partial charge in [0.15, 0.2) is 0 Å². The highest BCUT2D eigenvalue weighted by Crippen LogP contribution is 2.35. The molecule has 1 atom stereocenters. The molecule has 3 aliphatic heterocycles. The Morgan fingerprint density at radius 1 is 0.947 bits per heavy atom. The molecular formula is C28H37N3O7. The third kappa shape index (κ3) is 6.13. The summed E-state index contributed by atoms with van der Waals surface area (Å²) < 4.78 is 5.32. The Bertz CT molecular complexity index is 1060. The lowest BCUT2D eigenvalue weighted by molar-refractivity contribution is -0.136. The summed E-state index contributed by atoms with van der Waals surface area (Å²) in [6.07, 6.45) is 7.50. The van der Waals surface area contributed by atoms with E-state index in [9.17, 15) is 19.2 Å². The number of nitrogens with one attached hydrogen (secondary N) is 1. The number of carbonyl (C=O) groups excluding carboxylic acids is 4. The van der Waals surface area contributed by atoms with E-state index in [0.29, 0.717) is 17.0 Å². The van der Waals surface area contributed by atoms with Crippen LogP contribution in [0.4, 0.5) is 0 Å². The van der Waals surface area contributed by atoms with Crippen molar-refractivity contribution in [1.82, 2.24) is 15.1 Å². The highest BCUT2D eigenvalue weighted by molar-refractivity contribution is 6.23. The molecule has 10 nitrogen and oxygen atoms in total. The van der Waals surface area contributed by atoms with E-state index >= 15 is 0 Å². The molecule has 0 radical (unpaired) electrons. The molecule has 1 aromatic rings. The van der Waals surface area contributed by atoms with Gasteiger partial charge < -0.3 is 14.7 Å². The first-order chi connectivity index (χ1) is 18.4. The Morgan fingerprint density at radius 2 is 1.58 bits per heavy atom. The summed E-state index contributed by atoms with van der Waals surface area (Å²) in [5.74, 6) is 0.0557. The molecule has 1 aliphatic carbocycles. The topological polar surface area (TPSA) is 133 Å². The van der Waals surface area contributed by atoms with Gasteiger partial charge in [-0.1, -0.05) is 6.07 Å². The number of carboxylic acid groups (broad SMARTS) is 1. The first-order valence-electron chi connectivity index (χ1n) is 13.5. The van der Waals surface area contributed by atoms with Gasteiger partial charge in [0.25, 0.3) is 18.3 Å². The fourth-order valence-electron chi connectivity index (χ4n) is 6.37. The van der Waals surface area contributed by atoms with Gasteiger partial charge in [0.2, 0.25) is 11.8 Å². The molecule has 1 unspecified atom stereocenters. The van der Waals surface area contributed by atoms with Crippen molar-refractivity contribution in [3.63, 3.8) is 0 Å². The van der Waals surface area contributed by atoms with Crippen LogP contribution in [0.3, 0.4) is 0 Å². The molecule has 10 heteroatoms. The van der Waals surface area contributed by atoms with E-state index in [2.05, 4.69) is 10.2 Å². The molecule has 1 saturated carbocycles. The number of fused-ring (bicyclic) bond motifs is 1. The van der Waals surface area contributed by atoms with Crippen molar-refractivity contribution in [3.8, 4) is 0 Å². The second-order valence-corrected chi connectivity index (χ2v) is 10.8. The minimum absolute atomic E-state index is 0.127. The van der Waals surface area contributed by atoms with Crippen LogP contribution < -0.4 is 5.32 Å². The summed E-state index contributed by atoms with van der Waals surface area (Å²) in [7, 11) is 1.79. The number of rotatable bonds is 6. The van der Waals surface area contributed by atoms with Crippen LogP contribution in [0.25, 0.3) is 0 Å². The van der Waals surface area contributed by atoms with Crippen LogP contribution in [0.15, 0.2) is 18.2 Å². The third-order valence-corrected chi connectivity index (χ3v) is 8.41. The van der Waals surface area contributed by atoms with Gasteiger partial charge in [0.1, 0.15) is 6.04 Å². The fourth-order valence-corrected chi connectivity index (χ4v) is 6.37. The number of hydrogen-bond acceptors (Lipinski definition) is 7. The molecule has 0 bridgehead atoms. The Balaban J connectivity index is 0.00000107. The largest absolute Gasteiger partial charge is 0.483 e. The zero-order valence-electron chi connectivity index (χ0n) is 21.9. The number of likely N-dealkylation sites (tertiary alicyclic amines) is 1. The van der Waals surface area contributed by atoms with Crippen molar-refractivity contribution in [2.24, 2.45) is 11.8 Å². The molecule has 0 spiro atoms. The minimum Gasteiger partial charge on any atom is -0.483 e. The highest BCUT2D eigenvalue weighted by Gasteiger charge is 2.44. The van der Waals surface area contributed by atoms with Gasteiger partial charge in [-0.25, -0.2) is 0 Å². The molecule has 38 heavy (non-hydrogen) atoms. The van der Waals surface area contributed by atoms with Gasteiger partial charge >= 0.3 is 0 Å². The summed E-state index contributed by atoms with van der Waals surface area (Å²) in [6.45, 7) is 3.91. The smallest absolute Gasteiger partial charge is 0.290 e. The number of imide groups is 2. The second kappa shape index (κ2) is 12.6. The normalized spacial score (nSPS) is 26.4. The fraction of sp³-hybridized carbons (Fsp3) is 0.607. The molecule has 0 aromatic heterocycles. The standard InChI is InChI=1S/C27H35N3O5.CH2O2/c1-35-16-18-4-2-17(3-5-18)15-29-12-10-19(11-13-29)20-6-7-21-22(14-20)27(34)30(26(21)33)23-8-9-24(31)28-25(23)32;2-1-3/h6-7,14,17-19,23H,2-5,8-13,15-16H2,1H3,(H,28,31,32);1H,(H,2,3)/t17-,18-,23?;. The van der Waals surface area contributed by atoms with Crippen LogP contribution in [0.2, 0.25) is 0 Å². The van der Waals surface area contributed by atoms with E-state index in [1.165, 1.54) is 32.2 Å². The lowest BCUT2D eigenvalue weighted by Crippen LogP contribution is -2.54. The number of ether oxygens (including phenoxy) is 1. The lowest BCUT2D eigenvalue weighted by atomic mass is 9.81. The predicted octanol–water partition coefficient (Wildman–Crippen LogP) is 2.42.